The Morgan fingerprint density at radius 3 is 1.77 bits per heavy atom. The molecule has 10 aromatic rings. The molecule has 0 fully saturated rings. The molecule has 0 aliphatic carbocycles. The van der Waals surface area contributed by atoms with Crippen molar-refractivity contribution in [3.8, 4) is 34.2 Å². The molecule has 0 amide bonds. The molecule has 0 aliphatic rings. The van der Waals surface area contributed by atoms with Crippen molar-refractivity contribution in [2.75, 3.05) is 0 Å². The van der Waals surface area contributed by atoms with Crippen LogP contribution in [0.2, 0.25) is 0 Å². The molecule has 3 aromatic heterocycles. The van der Waals surface area contributed by atoms with Crippen molar-refractivity contribution in [1.82, 2.24) is 19.9 Å². The second-order valence-electron chi connectivity index (χ2n) is 11.9. The van der Waals surface area contributed by atoms with Crippen LogP contribution in [0.5, 0.6) is 0 Å². The zero-order chi connectivity index (χ0) is 30.9. The lowest BCUT2D eigenvalue weighted by atomic mass is 10.00. The van der Waals surface area contributed by atoms with Gasteiger partial charge < -0.3 is 0 Å². The van der Waals surface area contributed by atoms with Crippen LogP contribution in [0.1, 0.15) is 0 Å². The van der Waals surface area contributed by atoms with Crippen molar-refractivity contribution in [2.45, 2.75) is 0 Å². The van der Waals surface area contributed by atoms with Crippen molar-refractivity contribution in [3.05, 3.63) is 146 Å². The van der Waals surface area contributed by atoms with Crippen molar-refractivity contribution in [1.29, 1.82) is 0 Å². The number of thiophene rings is 1. The lowest BCUT2D eigenvalue weighted by molar-refractivity contribution is 1.08. The third-order valence-corrected chi connectivity index (χ3v) is 10.4. The van der Waals surface area contributed by atoms with Gasteiger partial charge >= 0.3 is 0 Å². The minimum atomic E-state index is 0.651. The Hall–Kier alpha value is -6.04. The molecule has 3 heterocycles. The van der Waals surface area contributed by atoms with Gasteiger partial charge in [0, 0.05) is 49.9 Å². The molecule has 7 aromatic carbocycles. The van der Waals surface area contributed by atoms with Crippen LogP contribution in [0.3, 0.4) is 0 Å². The van der Waals surface area contributed by atoms with Crippen molar-refractivity contribution < 1.29 is 0 Å². The van der Waals surface area contributed by atoms with Crippen LogP contribution in [-0.4, -0.2) is 19.9 Å². The average Bonchev–Trinajstić information content (AvgIpc) is 3.53. The normalized spacial score (nSPS) is 11.8. The van der Waals surface area contributed by atoms with Gasteiger partial charge in [0.25, 0.3) is 0 Å². The highest BCUT2D eigenvalue weighted by Gasteiger charge is 2.16. The summed E-state index contributed by atoms with van der Waals surface area (Å²) in [6.45, 7) is 0. The number of nitrogens with zero attached hydrogens (tertiary/aromatic N) is 4. The van der Waals surface area contributed by atoms with Crippen LogP contribution in [0.25, 0.3) is 97.4 Å². The summed E-state index contributed by atoms with van der Waals surface area (Å²) in [6, 6.07) is 47.2. The molecule has 0 atom stereocenters. The standard InChI is InChI=1S/C42H24N4S/c1-2-7-28-21-30(13-9-25(28)5-1)40-44-41(31-16-17-34-29(22-31)12-10-26-6-3-4-8-33(26)34)46-42(45-40)32-14-11-27-15-18-36-35-19-20-43-24-38(35)47-39(36)37(27)23-32/h1-24H. The SMILES string of the molecule is c1ccc2cc(-c3nc(-c4ccc5c(ccc6ccccc65)c4)nc(-c4ccc5ccc6c7ccncc7sc6c5c4)n3)ccc2c1. The van der Waals surface area contributed by atoms with E-state index < -0.39 is 0 Å². The van der Waals surface area contributed by atoms with Crippen LogP contribution in [0.15, 0.2) is 146 Å². The van der Waals surface area contributed by atoms with Crippen LogP contribution in [0, 0.1) is 0 Å². The molecule has 0 radical (unpaired) electrons. The Balaban J connectivity index is 1.19. The Bertz CT molecular complexity index is 2870. The molecule has 0 bridgehead atoms. The Kier molecular flexibility index (Phi) is 5.71. The van der Waals surface area contributed by atoms with Gasteiger partial charge in [-0.1, -0.05) is 109 Å². The van der Waals surface area contributed by atoms with E-state index >= 15 is 0 Å². The fourth-order valence-electron chi connectivity index (χ4n) is 6.79. The smallest absolute Gasteiger partial charge is 0.164 e. The maximum absolute atomic E-state index is 5.13. The molecule has 47 heavy (non-hydrogen) atoms. The lowest BCUT2D eigenvalue weighted by Gasteiger charge is -2.11. The van der Waals surface area contributed by atoms with E-state index in [1.807, 2.05) is 12.4 Å². The highest BCUT2D eigenvalue weighted by molar-refractivity contribution is 7.26. The number of hydrogen-bond acceptors (Lipinski definition) is 5. The van der Waals surface area contributed by atoms with Crippen molar-refractivity contribution >= 4 is 74.6 Å². The minimum Gasteiger partial charge on any atom is -0.263 e. The fourth-order valence-corrected chi connectivity index (χ4v) is 7.99. The minimum absolute atomic E-state index is 0.651. The number of hydrogen-bond donors (Lipinski definition) is 0. The van der Waals surface area contributed by atoms with E-state index in [0.29, 0.717) is 17.5 Å². The zero-order valence-corrected chi connectivity index (χ0v) is 25.9. The summed E-state index contributed by atoms with van der Waals surface area (Å²) in [5.74, 6) is 1.96. The van der Waals surface area contributed by atoms with E-state index in [2.05, 4.69) is 138 Å². The van der Waals surface area contributed by atoms with Gasteiger partial charge in [-0.25, -0.2) is 15.0 Å². The molecule has 0 aliphatic heterocycles. The van der Waals surface area contributed by atoms with E-state index in [9.17, 15) is 0 Å². The number of benzene rings is 7. The number of aromatic nitrogens is 4. The van der Waals surface area contributed by atoms with E-state index in [0.717, 1.165) is 27.5 Å². The summed E-state index contributed by atoms with van der Waals surface area (Å²) in [5, 5.41) is 12.0. The first kappa shape index (κ1) is 26.2. The molecular weight excluding hydrogens is 593 g/mol. The molecule has 218 valence electrons. The van der Waals surface area contributed by atoms with Crippen molar-refractivity contribution in [3.63, 3.8) is 0 Å². The van der Waals surface area contributed by atoms with E-state index in [4.69, 9.17) is 15.0 Å². The number of fused-ring (bicyclic) bond motifs is 9. The third-order valence-electron chi connectivity index (χ3n) is 9.16. The van der Waals surface area contributed by atoms with Gasteiger partial charge in [-0.15, -0.1) is 11.3 Å². The second-order valence-corrected chi connectivity index (χ2v) is 13.0. The third kappa shape index (κ3) is 4.28. The fraction of sp³-hybridized carbons (Fsp3) is 0. The van der Waals surface area contributed by atoms with Crippen LogP contribution in [0.4, 0.5) is 0 Å². The summed E-state index contributed by atoms with van der Waals surface area (Å²) in [5.41, 5.74) is 2.87. The summed E-state index contributed by atoms with van der Waals surface area (Å²) >= 11 is 1.78. The molecule has 0 unspecified atom stereocenters. The molecule has 0 N–H and O–H groups in total. The van der Waals surface area contributed by atoms with E-state index in [1.165, 1.54) is 52.5 Å². The largest absolute Gasteiger partial charge is 0.263 e. The second kappa shape index (κ2) is 10.2. The van der Waals surface area contributed by atoms with Gasteiger partial charge in [0.15, 0.2) is 17.5 Å². The molecule has 10 rings (SSSR count). The maximum Gasteiger partial charge on any atom is 0.164 e. The topological polar surface area (TPSA) is 51.6 Å². The first-order valence-electron chi connectivity index (χ1n) is 15.6. The van der Waals surface area contributed by atoms with E-state index in [1.54, 1.807) is 11.3 Å². The average molecular weight is 617 g/mol. The molecule has 5 heteroatoms. The predicted octanol–water partition coefficient (Wildman–Crippen LogP) is 11.2. The molecule has 0 saturated heterocycles. The lowest BCUT2D eigenvalue weighted by Crippen LogP contribution is -2.00. The van der Waals surface area contributed by atoms with Crippen LogP contribution in [-0.2, 0) is 0 Å². The zero-order valence-electron chi connectivity index (χ0n) is 25.1. The highest BCUT2D eigenvalue weighted by atomic mass is 32.1. The summed E-state index contributed by atoms with van der Waals surface area (Å²) in [6.07, 6.45) is 3.82. The number of rotatable bonds is 3. The summed E-state index contributed by atoms with van der Waals surface area (Å²) in [4.78, 5) is 19.7. The number of pyridine rings is 1. The molecular formula is C42H24N4S. The van der Waals surface area contributed by atoms with Gasteiger partial charge in [-0.05, 0) is 62.0 Å². The molecule has 0 saturated carbocycles. The van der Waals surface area contributed by atoms with E-state index in [-0.39, 0.29) is 0 Å². The Labute approximate surface area is 273 Å². The van der Waals surface area contributed by atoms with Gasteiger partial charge in [0.05, 0.1) is 4.70 Å². The van der Waals surface area contributed by atoms with Gasteiger partial charge in [-0.2, -0.15) is 0 Å². The maximum atomic E-state index is 5.13. The van der Waals surface area contributed by atoms with Crippen molar-refractivity contribution in [2.24, 2.45) is 0 Å². The quantitative estimate of drug-likeness (QED) is 0.185. The Morgan fingerprint density at radius 2 is 0.936 bits per heavy atom. The highest BCUT2D eigenvalue weighted by Crippen LogP contribution is 2.39. The molecule has 0 spiro atoms. The van der Waals surface area contributed by atoms with Gasteiger partial charge in [0.2, 0.25) is 0 Å². The predicted molar refractivity (Wildman–Crippen MR) is 197 cm³/mol. The summed E-state index contributed by atoms with van der Waals surface area (Å²) < 4.78 is 2.43. The first-order chi connectivity index (χ1) is 23.2. The van der Waals surface area contributed by atoms with Gasteiger partial charge in [-0.3, -0.25) is 4.98 Å². The molecule has 4 nitrogen and oxygen atoms in total. The summed E-state index contributed by atoms with van der Waals surface area (Å²) in [7, 11) is 0. The van der Waals surface area contributed by atoms with Gasteiger partial charge in [0.1, 0.15) is 0 Å². The van der Waals surface area contributed by atoms with Crippen LogP contribution >= 0.6 is 11.3 Å². The van der Waals surface area contributed by atoms with Crippen LogP contribution < -0.4 is 0 Å². The Morgan fingerprint density at radius 1 is 0.383 bits per heavy atom. The monoisotopic (exact) mass is 616 g/mol. The first-order valence-corrected chi connectivity index (χ1v) is 16.4.